The largest absolute Gasteiger partial charge is 0.393 e. The number of nitrogen functional groups attached to an aromatic ring is 1. The molecule has 0 saturated carbocycles. The number of rotatable bonds is 4. The SMILES string of the molecule is Cc1nc(C)c(-c2ccnc(-c3c(N(C)C)ccc(N)c3[N+](=O)[O-])n2)s1. The molecule has 2 aromatic heterocycles. The van der Waals surface area contributed by atoms with Crippen molar-refractivity contribution in [2.24, 2.45) is 0 Å². The Bertz CT molecular complexity index is 999. The van der Waals surface area contributed by atoms with E-state index < -0.39 is 4.92 Å². The van der Waals surface area contributed by atoms with Gasteiger partial charge in [0.1, 0.15) is 11.3 Å². The topological polar surface area (TPSA) is 111 Å². The minimum absolute atomic E-state index is 0.0782. The average molecular weight is 370 g/mol. The number of nitro groups is 1. The Morgan fingerprint density at radius 3 is 2.50 bits per heavy atom. The molecule has 0 spiro atoms. The second-order valence-corrected chi connectivity index (χ2v) is 7.17. The second kappa shape index (κ2) is 6.68. The van der Waals surface area contributed by atoms with Gasteiger partial charge in [0.15, 0.2) is 5.82 Å². The number of benzene rings is 1. The van der Waals surface area contributed by atoms with E-state index in [9.17, 15) is 10.1 Å². The molecule has 0 fully saturated rings. The van der Waals surface area contributed by atoms with Gasteiger partial charge >= 0.3 is 5.69 Å². The maximum atomic E-state index is 11.6. The van der Waals surface area contributed by atoms with Gasteiger partial charge in [0.05, 0.1) is 31.9 Å². The summed E-state index contributed by atoms with van der Waals surface area (Å²) in [4.78, 5) is 27.1. The van der Waals surface area contributed by atoms with E-state index in [4.69, 9.17) is 5.73 Å². The third-order valence-corrected chi connectivity index (χ3v) is 4.96. The molecule has 3 rings (SSSR count). The van der Waals surface area contributed by atoms with Gasteiger partial charge in [-0.2, -0.15) is 0 Å². The molecule has 0 radical (unpaired) electrons. The fourth-order valence-corrected chi connectivity index (χ4v) is 3.65. The van der Waals surface area contributed by atoms with E-state index in [0.29, 0.717) is 16.9 Å². The van der Waals surface area contributed by atoms with Crippen LogP contribution in [0.5, 0.6) is 0 Å². The molecule has 1 aromatic carbocycles. The molecular weight excluding hydrogens is 352 g/mol. The fraction of sp³-hybridized carbons (Fsp3) is 0.235. The van der Waals surface area contributed by atoms with E-state index in [1.165, 1.54) is 17.4 Å². The van der Waals surface area contributed by atoms with Crippen LogP contribution in [0.3, 0.4) is 0 Å². The highest BCUT2D eigenvalue weighted by Crippen LogP contribution is 2.41. The molecule has 134 valence electrons. The number of thiazole rings is 1. The first kappa shape index (κ1) is 17.7. The van der Waals surface area contributed by atoms with Crippen molar-refractivity contribution >= 4 is 28.4 Å². The Hall–Kier alpha value is -3.07. The predicted octanol–water partition coefficient (Wildman–Crippen LogP) is 3.44. The van der Waals surface area contributed by atoms with E-state index in [-0.39, 0.29) is 17.2 Å². The molecule has 9 heteroatoms. The third-order valence-electron chi connectivity index (χ3n) is 3.87. The van der Waals surface area contributed by atoms with Crippen molar-refractivity contribution in [2.45, 2.75) is 13.8 Å². The number of aromatic nitrogens is 3. The lowest BCUT2D eigenvalue weighted by Crippen LogP contribution is -2.12. The van der Waals surface area contributed by atoms with Crippen LogP contribution < -0.4 is 10.6 Å². The van der Waals surface area contributed by atoms with Crippen molar-refractivity contribution in [3.05, 3.63) is 45.2 Å². The highest BCUT2D eigenvalue weighted by atomic mass is 32.1. The van der Waals surface area contributed by atoms with Crippen molar-refractivity contribution < 1.29 is 4.92 Å². The van der Waals surface area contributed by atoms with Crippen LogP contribution in [0.15, 0.2) is 24.4 Å². The van der Waals surface area contributed by atoms with Crippen LogP contribution in [-0.2, 0) is 0 Å². The average Bonchev–Trinajstić information content (AvgIpc) is 2.92. The van der Waals surface area contributed by atoms with Gasteiger partial charge in [0.25, 0.3) is 0 Å². The summed E-state index contributed by atoms with van der Waals surface area (Å²) in [5.74, 6) is 0.260. The molecule has 0 aliphatic carbocycles. The van der Waals surface area contributed by atoms with Crippen molar-refractivity contribution in [1.29, 1.82) is 0 Å². The highest BCUT2D eigenvalue weighted by molar-refractivity contribution is 7.15. The van der Waals surface area contributed by atoms with Crippen LogP contribution in [0.25, 0.3) is 22.0 Å². The molecule has 0 unspecified atom stereocenters. The van der Waals surface area contributed by atoms with Crippen molar-refractivity contribution in [1.82, 2.24) is 15.0 Å². The minimum atomic E-state index is -0.490. The Morgan fingerprint density at radius 1 is 1.19 bits per heavy atom. The van der Waals surface area contributed by atoms with Gasteiger partial charge in [-0.15, -0.1) is 11.3 Å². The summed E-state index contributed by atoms with van der Waals surface area (Å²) in [7, 11) is 3.61. The Labute approximate surface area is 154 Å². The van der Waals surface area contributed by atoms with Gasteiger partial charge in [-0.1, -0.05) is 0 Å². The lowest BCUT2D eigenvalue weighted by molar-refractivity contribution is -0.383. The minimum Gasteiger partial charge on any atom is -0.393 e. The van der Waals surface area contributed by atoms with Gasteiger partial charge < -0.3 is 10.6 Å². The lowest BCUT2D eigenvalue weighted by Gasteiger charge is -2.17. The molecule has 3 aromatic rings. The standard InChI is InChI=1S/C17H18N6O2S/c1-9-16(26-10(2)20-9)12-7-8-19-17(21-12)14-13(22(3)4)6-5-11(18)15(14)23(24)25/h5-8H,18H2,1-4H3. The number of hydrogen-bond donors (Lipinski definition) is 1. The summed E-state index contributed by atoms with van der Waals surface area (Å²) in [6.45, 7) is 3.84. The monoisotopic (exact) mass is 370 g/mol. The first-order valence-corrected chi connectivity index (χ1v) is 8.63. The smallest absolute Gasteiger partial charge is 0.305 e. The maximum absolute atomic E-state index is 11.6. The zero-order valence-corrected chi connectivity index (χ0v) is 15.7. The van der Waals surface area contributed by atoms with Crippen LogP contribution >= 0.6 is 11.3 Å². The van der Waals surface area contributed by atoms with Gasteiger partial charge in [-0.3, -0.25) is 10.1 Å². The van der Waals surface area contributed by atoms with Crippen LogP contribution in [0, 0.1) is 24.0 Å². The van der Waals surface area contributed by atoms with Gasteiger partial charge in [-0.05, 0) is 32.0 Å². The maximum Gasteiger partial charge on any atom is 0.305 e. The van der Waals surface area contributed by atoms with Gasteiger partial charge in [0, 0.05) is 20.3 Å². The highest BCUT2D eigenvalue weighted by Gasteiger charge is 2.26. The summed E-state index contributed by atoms with van der Waals surface area (Å²) in [5, 5.41) is 12.6. The fourth-order valence-electron chi connectivity index (χ4n) is 2.76. The van der Waals surface area contributed by atoms with Crippen LogP contribution in [-0.4, -0.2) is 34.0 Å². The quantitative estimate of drug-likeness (QED) is 0.425. The Morgan fingerprint density at radius 2 is 1.92 bits per heavy atom. The number of anilines is 2. The van der Waals surface area contributed by atoms with Crippen molar-refractivity contribution in [3.63, 3.8) is 0 Å². The Kier molecular flexibility index (Phi) is 4.56. The number of nitrogens with two attached hydrogens (primary N) is 1. The molecule has 0 aliphatic heterocycles. The lowest BCUT2D eigenvalue weighted by atomic mass is 10.1. The number of hydrogen-bond acceptors (Lipinski definition) is 8. The molecule has 0 aliphatic rings. The molecule has 2 heterocycles. The van der Waals surface area contributed by atoms with Crippen LogP contribution in [0.1, 0.15) is 10.7 Å². The van der Waals surface area contributed by atoms with Crippen molar-refractivity contribution in [3.8, 4) is 22.0 Å². The van der Waals surface area contributed by atoms with E-state index in [2.05, 4.69) is 15.0 Å². The second-order valence-electron chi connectivity index (χ2n) is 5.96. The molecule has 0 saturated heterocycles. The van der Waals surface area contributed by atoms with Gasteiger partial charge in [0.2, 0.25) is 0 Å². The summed E-state index contributed by atoms with van der Waals surface area (Å²) < 4.78 is 0. The van der Waals surface area contributed by atoms with E-state index >= 15 is 0 Å². The van der Waals surface area contributed by atoms with E-state index in [1.54, 1.807) is 37.3 Å². The predicted molar refractivity (Wildman–Crippen MR) is 103 cm³/mol. The van der Waals surface area contributed by atoms with E-state index in [1.807, 2.05) is 13.8 Å². The normalized spacial score (nSPS) is 10.8. The summed E-state index contributed by atoms with van der Waals surface area (Å²) in [6.07, 6.45) is 1.60. The van der Waals surface area contributed by atoms with Crippen LogP contribution in [0.2, 0.25) is 0 Å². The van der Waals surface area contributed by atoms with Crippen molar-refractivity contribution in [2.75, 3.05) is 24.7 Å². The molecule has 26 heavy (non-hydrogen) atoms. The Balaban J connectivity index is 2.27. The first-order chi connectivity index (χ1) is 12.3. The zero-order valence-electron chi connectivity index (χ0n) is 14.8. The molecule has 0 atom stereocenters. The van der Waals surface area contributed by atoms with Crippen LogP contribution in [0.4, 0.5) is 17.1 Å². The van der Waals surface area contributed by atoms with Gasteiger partial charge in [-0.25, -0.2) is 15.0 Å². The zero-order chi connectivity index (χ0) is 19.0. The molecule has 0 bridgehead atoms. The number of nitro benzene ring substituents is 1. The van der Waals surface area contributed by atoms with E-state index in [0.717, 1.165) is 15.6 Å². The number of nitrogens with zero attached hydrogens (tertiary/aromatic N) is 5. The molecular formula is C17H18N6O2S. The molecule has 0 amide bonds. The first-order valence-electron chi connectivity index (χ1n) is 7.81. The third kappa shape index (κ3) is 3.08. The number of aryl methyl sites for hydroxylation is 2. The molecule has 2 N–H and O–H groups in total. The molecule has 8 nitrogen and oxygen atoms in total. The summed E-state index contributed by atoms with van der Waals surface area (Å²) in [5.41, 5.74) is 8.25. The summed E-state index contributed by atoms with van der Waals surface area (Å²) >= 11 is 1.53. The summed E-state index contributed by atoms with van der Waals surface area (Å²) in [6, 6.07) is 5.03.